The Labute approximate surface area is 194 Å². The maximum Gasteiger partial charge on any atom is 0.170 e. The van der Waals surface area contributed by atoms with Crippen LogP contribution in [0.2, 0.25) is 5.02 Å². The summed E-state index contributed by atoms with van der Waals surface area (Å²) in [7, 11) is 1.68. The highest BCUT2D eigenvalue weighted by Crippen LogP contribution is 2.43. The van der Waals surface area contributed by atoms with Crippen molar-refractivity contribution in [1.29, 1.82) is 0 Å². The fourth-order valence-electron chi connectivity index (χ4n) is 4.55. The average Bonchev–Trinajstić information content (AvgIpc) is 3.24. The highest BCUT2D eigenvalue weighted by Gasteiger charge is 2.42. The molecule has 3 aromatic rings. The molecule has 4 rings (SSSR count). The molecule has 0 aliphatic carbocycles. The maximum atomic E-state index is 6.34. The Bertz CT molecular complexity index is 1110. The van der Waals surface area contributed by atoms with E-state index in [-0.39, 0.29) is 18.1 Å². The van der Waals surface area contributed by atoms with Crippen molar-refractivity contribution in [3.63, 3.8) is 0 Å². The average molecular weight is 455 g/mol. The Morgan fingerprint density at radius 2 is 1.94 bits per heavy atom. The van der Waals surface area contributed by atoms with E-state index in [9.17, 15) is 0 Å². The van der Waals surface area contributed by atoms with Crippen molar-refractivity contribution in [1.82, 2.24) is 19.8 Å². The molecule has 0 unspecified atom stereocenters. The lowest BCUT2D eigenvalue weighted by molar-refractivity contribution is 0.269. The second-order valence-electron chi connectivity index (χ2n) is 8.11. The van der Waals surface area contributed by atoms with Crippen LogP contribution in [-0.4, -0.2) is 32.7 Å². The zero-order valence-electron chi connectivity index (χ0n) is 18.4. The first-order chi connectivity index (χ1) is 14.8. The van der Waals surface area contributed by atoms with E-state index in [1.807, 2.05) is 36.5 Å². The van der Waals surface area contributed by atoms with Gasteiger partial charge in [-0.2, -0.15) is 0 Å². The van der Waals surface area contributed by atoms with Crippen molar-refractivity contribution in [2.75, 3.05) is 7.11 Å². The van der Waals surface area contributed by atoms with Crippen LogP contribution in [0.5, 0.6) is 5.75 Å². The van der Waals surface area contributed by atoms with Gasteiger partial charge in [0.1, 0.15) is 5.75 Å². The second-order valence-corrected chi connectivity index (χ2v) is 8.93. The lowest BCUT2D eigenvalue weighted by Gasteiger charge is -2.31. The van der Waals surface area contributed by atoms with Crippen LogP contribution < -0.4 is 10.1 Å². The summed E-state index contributed by atoms with van der Waals surface area (Å²) in [5, 5.41) is 4.94. The zero-order chi connectivity index (χ0) is 22.3. The first-order valence-corrected chi connectivity index (χ1v) is 11.1. The number of methoxy groups -OCH3 is 1. The molecule has 162 valence electrons. The van der Waals surface area contributed by atoms with E-state index in [0.717, 1.165) is 33.6 Å². The summed E-state index contributed by atoms with van der Waals surface area (Å²) in [6, 6.07) is 14.2. The number of halogens is 1. The number of hydrogen-bond acceptors (Lipinski definition) is 3. The van der Waals surface area contributed by atoms with Gasteiger partial charge in [-0.1, -0.05) is 17.7 Å². The lowest BCUT2D eigenvalue weighted by atomic mass is 9.96. The third kappa shape index (κ3) is 3.79. The molecule has 2 aromatic heterocycles. The number of nitrogens with zero attached hydrogens (tertiary/aromatic N) is 3. The molecule has 1 aromatic carbocycles. The molecule has 5 nitrogen and oxygen atoms in total. The maximum absolute atomic E-state index is 6.34. The predicted molar refractivity (Wildman–Crippen MR) is 129 cm³/mol. The van der Waals surface area contributed by atoms with E-state index in [0.29, 0.717) is 5.02 Å². The number of ether oxygens (including phenoxy) is 1. The number of aryl methyl sites for hydroxylation is 1. The van der Waals surface area contributed by atoms with Gasteiger partial charge in [-0.25, -0.2) is 0 Å². The number of aromatic nitrogens is 2. The molecular formula is C24H27ClN4OS. The fraction of sp³-hybridized carbons (Fsp3) is 0.333. The van der Waals surface area contributed by atoms with E-state index >= 15 is 0 Å². The van der Waals surface area contributed by atoms with Crippen LogP contribution in [0.15, 0.2) is 48.7 Å². The minimum absolute atomic E-state index is 0.0209. The molecule has 0 saturated carbocycles. The minimum Gasteiger partial charge on any atom is -0.495 e. The van der Waals surface area contributed by atoms with Crippen LogP contribution in [0.4, 0.5) is 0 Å². The molecule has 3 heterocycles. The molecule has 1 fully saturated rings. The van der Waals surface area contributed by atoms with Crippen LogP contribution in [0.3, 0.4) is 0 Å². The summed E-state index contributed by atoms with van der Waals surface area (Å²) in [4.78, 5) is 6.90. The summed E-state index contributed by atoms with van der Waals surface area (Å²) in [5.74, 6) is 0.778. The first-order valence-electron chi connectivity index (χ1n) is 10.4. The Morgan fingerprint density at radius 3 is 2.58 bits per heavy atom. The summed E-state index contributed by atoms with van der Waals surface area (Å²) >= 11 is 12.1. The van der Waals surface area contributed by atoms with Gasteiger partial charge < -0.3 is 19.5 Å². The van der Waals surface area contributed by atoms with Gasteiger partial charge in [-0.3, -0.25) is 4.98 Å². The van der Waals surface area contributed by atoms with Gasteiger partial charge in [-0.05, 0) is 81.9 Å². The molecule has 0 radical (unpaired) electrons. The smallest absolute Gasteiger partial charge is 0.170 e. The van der Waals surface area contributed by atoms with E-state index in [2.05, 4.69) is 59.6 Å². The number of rotatable bonds is 5. The van der Waals surface area contributed by atoms with E-state index in [1.54, 1.807) is 7.11 Å². The monoisotopic (exact) mass is 454 g/mol. The Hall–Kier alpha value is -2.57. The Balaban J connectivity index is 1.89. The van der Waals surface area contributed by atoms with Crippen molar-refractivity contribution in [3.05, 3.63) is 76.3 Å². The Kier molecular flexibility index (Phi) is 5.95. The van der Waals surface area contributed by atoms with E-state index in [4.69, 9.17) is 28.6 Å². The number of thiocarbonyl (C=S) groups is 1. The molecule has 2 atom stereocenters. The van der Waals surface area contributed by atoms with E-state index in [1.165, 1.54) is 5.56 Å². The fourth-order valence-corrected chi connectivity index (χ4v) is 5.17. The molecule has 1 saturated heterocycles. The third-order valence-corrected chi connectivity index (χ3v) is 6.43. The van der Waals surface area contributed by atoms with Crippen LogP contribution in [0.25, 0.3) is 5.69 Å². The molecule has 0 amide bonds. The van der Waals surface area contributed by atoms with Crippen molar-refractivity contribution in [2.45, 2.75) is 45.8 Å². The van der Waals surface area contributed by atoms with Crippen LogP contribution in [0.1, 0.15) is 48.6 Å². The molecule has 31 heavy (non-hydrogen) atoms. The lowest BCUT2D eigenvalue weighted by Crippen LogP contribution is -2.35. The van der Waals surface area contributed by atoms with Crippen molar-refractivity contribution in [3.8, 4) is 11.4 Å². The molecule has 1 aliphatic rings. The number of nitrogens with one attached hydrogen (secondary N) is 1. The topological polar surface area (TPSA) is 42.3 Å². The Morgan fingerprint density at radius 1 is 1.16 bits per heavy atom. The van der Waals surface area contributed by atoms with Gasteiger partial charge in [0.25, 0.3) is 0 Å². The number of benzene rings is 1. The van der Waals surface area contributed by atoms with Gasteiger partial charge in [0, 0.05) is 28.6 Å². The van der Waals surface area contributed by atoms with Crippen LogP contribution in [0, 0.1) is 13.8 Å². The summed E-state index contributed by atoms with van der Waals surface area (Å²) in [5.41, 5.74) is 5.34. The summed E-state index contributed by atoms with van der Waals surface area (Å²) in [6.45, 7) is 8.58. The highest BCUT2D eigenvalue weighted by molar-refractivity contribution is 7.80. The summed E-state index contributed by atoms with van der Waals surface area (Å²) in [6.07, 6.45) is 1.83. The van der Waals surface area contributed by atoms with Gasteiger partial charge in [0.05, 0.1) is 30.6 Å². The van der Waals surface area contributed by atoms with Gasteiger partial charge >= 0.3 is 0 Å². The predicted octanol–water partition coefficient (Wildman–Crippen LogP) is 5.53. The van der Waals surface area contributed by atoms with Gasteiger partial charge in [-0.15, -0.1) is 0 Å². The standard InChI is InChI=1S/C24H27ClN4OS/c1-14(2)28-23(22(27-24(28)31)19-8-6-7-11-26-19)18-12-15(3)29(16(18)4)20-13-17(25)9-10-21(20)30-5/h6-14,22-23H,1-5H3,(H,27,31)/t22-,23-/m0/s1. The molecule has 0 bridgehead atoms. The molecule has 1 N–H and O–H groups in total. The largest absolute Gasteiger partial charge is 0.495 e. The van der Waals surface area contributed by atoms with Crippen molar-refractivity contribution in [2.24, 2.45) is 0 Å². The molecule has 0 spiro atoms. The quantitative estimate of drug-likeness (QED) is 0.513. The highest BCUT2D eigenvalue weighted by atomic mass is 35.5. The van der Waals surface area contributed by atoms with Gasteiger partial charge in [0.2, 0.25) is 0 Å². The molecule has 1 aliphatic heterocycles. The zero-order valence-corrected chi connectivity index (χ0v) is 20.0. The van der Waals surface area contributed by atoms with Gasteiger partial charge in [0.15, 0.2) is 5.11 Å². The SMILES string of the molecule is COc1ccc(Cl)cc1-n1c(C)cc([C@H]2[C@H](c3ccccn3)NC(=S)N2C(C)C)c1C. The van der Waals surface area contributed by atoms with Crippen molar-refractivity contribution >= 4 is 28.9 Å². The molecule has 7 heteroatoms. The van der Waals surface area contributed by atoms with Crippen LogP contribution in [-0.2, 0) is 0 Å². The minimum atomic E-state index is -0.0358. The van der Waals surface area contributed by atoms with Crippen LogP contribution >= 0.6 is 23.8 Å². The number of pyridine rings is 1. The third-order valence-electron chi connectivity index (χ3n) is 5.86. The normalized spacial score (nSPS) is 18.5. The van der Waals surface area contributed by atoms with Crippen molar-refractivity contribution < 1.29 is 4.74 Å². The summed E-state index contributed by atoms with van der Waals surface area (Å²) < 4.78 is 7.84. The first kappa shape index (κ1) is 21.7. The molecular weight excluding hydrogens is 428 g/mol. The van der Waals surface area contributed by atoms with E-state index < -0.39 is 0 Å². The number of hydrogen-bond donors (Lipinski definition) is 1. The second kappa shape index (κ2) is 8.52.